The molecule has 0 unspecified atom stereocenters. The fourth-order valence-corrected chi connectivity index (χ4v) is 0. The summed E-state index contributed by atoms with van der Waals surface area (Å²) in [5.41, 5.74) is 0. The van der Waals surface area contributed by atoms with Gasteiger partial charge in [-0.25, -0.2) is 0 Å². The van der Waals surface area contributed by atoms with Crippen molar-refractivity contribution in [2.45, 2.75) is 0 Å². The van der Waals surface area contributed by atoms with Crippen molar-refractivity contribution in [2.24, 2.45) is 0 Å². The molecule has 0 bridgehead atoms. The number of hydrogen-bond acceptors (Lipinski definition) is 0. The van der Waals surface area contributed by atoms with Gasteiger partial charge in [0.05, 0.1) is 0 Å². The molecule has 0 aromatic heterocycles. The predicted molar refractivity (Wildman–Crippen MR) is 5.75 cm³/mol. The standard InChI is InChI=1S/3Nb.Sb. The van der Waals surface area contributed by atoms with Gasteiger partial charge in [-0.1, -0.05) is 0 Å². The quantitative estimate of drug-likeness (QED) is 0.486. The van der Waals surface area contributed by atoms with E-state index >= 15 is 0 Å². The Morgan fingerprint density at radius 1 is 0.500 bits per heavy atom. The summed E-state index contributed by atoms with van der Waals surface area (Å²) in [6.45, 7) is 0. The van der Waals surface area contributed by atoms with Crippen molar-refractivity contribution in [3.05, 3.63) is 0 Å². The van der Waals surface area contributed by atoms with Crippen molar-refractivity contribution in [1.82, 2.24) is 0 Å². The molecule has 0 atom stereocenters. The minimum Gasteiger partial charge on any atom is 0 e. The molecule has 0 aliphatic carbocycles. The molecular weight excluding hydrogens is 400 g/mol. The molecular formula is Nb3Sb. The van der Waals surface area contributed by atoms with E-state index in [1.807, 2.05) is 0 Å². The zero-order chi connectivity index (χ0) is 0. The van der Waals surface area contributed by atoms with Crippen molar-refractivity contribution < 1.29 is 67.1 Å². The van der Waals surface area contributed by atoms with Crippen LogP contribution in [0.3, 0.4) is 0 Å². The van der Waals surface area contributed by atoms with Crippen LogP contribution < -0.4 is 0 Å². The van der Waals surface area contributed by atoms with Gasteiger partial charge in [0.1, 0.15) is 0 Å². The van der Waals surface area contributed by atoms with Crippen LogP contribution in [-0.4, -0.2) is 24.4 Å². The molecule has 0 aromatic rings. The molecule has 4 heavy (non-hydrogen) atoms. The van der Waals surface area contributed by atoms with Gasteiger partial charge in [0, 0.05) is 91.6 Å². The summed E-state index contributed by atoms with van der Waals surface area (Å²) >= 11 is 0. The topological polar surface area (TPSA) is 0 Å². The monoisotopic (exact) mass is 400 g/mol. The average Bonchev–Trinajstić information content (AvgIpc) is 0. The molecule has 0 spiro atoms. The van der Waals surface area contributed by atoms with E-state index in [2.05, 4.69) is 0 Å². The maximum atomic E-state index is 0. The van der Waals surface area contributed by atoms with Gasteiger partial charge >= 0.3 is 0 Å². The molecule has 4 heteroatoms. The molecule has 0 rings (SSSR count). The summed E-state index contributed by atoms with van der Waals surface area (Å²) in [4.78, 5) is 0. The first-order valence-corrected chi connectivity index (χ1v) is 0. The summed E-state index contributed by atoms with van der Waals surface area (Å²) < 4.78 is 0. The van der Waals surface area contributed by atoms with E-state index in [9.17, 15) is 0 Å². The molecule has 0 fully saturated rings. The van der Waals surface area contributed by atoms with E-state index < -0.39 is 0 Å². The Kier molecular flexibility index (Phi) is 115. The maximum absolute atomic E-state index is 0. The second-order valence-corrected chi connectivity index (χ2v) is 0. The summed E-state index contributed by atoms with van der Waals surface area (Å²) in [6.07, 6.45) is 0. The first kappa shape index (κ1) is 27.8. The van der Waals surface area contributed by atoms with Gasteiger partial charge in [-0.2, -0.15) is 0 Å². The Balaban J connectivity index is 0. The molecule has 20 valence electrons. The minimum atomic E-state index is 0. The van der Waals surface area contributed by atoms with Crippen molar-refractivity contribution in [1.29, 1.82) is 0 Å². The summed E-state index contributed by atoms with van der Waals surface area (Å²) in [6, 6.07) is 0. The summed E-state index contributed by atoms with van der Waals surface area (Å²) in [7, 11) is 0. The van der Waals surface area contributed by atoms with Crippen molar-refractivity contribution in [3.63, 3.8) is 0 Å². The fourth-order valence-electron chi connectivity index (χ4n) is 0. The third-order valence-electron chi connectivity index (χ3n) is 0. The third kappa shape index (κ3) is 8.90. The maximum Gasteiger partial charge on any atom is 0 e. The van der Waals surface area contributed by atoms with E-state index in [4.69, 9.17) is 0 Å². The molecule has 0 aliphatic heterocycles. The van der Waals surface area contributed by atoms with Crippen LogP contribution in [0.25, 0.3) is 0 Å². The van der Waals surface area contributed by atoms with Gasteiger partial charge in [0.15, 0.2) is 0 Å². The predicted octanol–water partition coefficient (Wildman–Crippen LogP) is -0.388. The second kappa shape index (κ2) is 16.6. The smallest absolute Gasteiger partial charge is 0 e. The SMILES string of the molecule is [Nb].[Nb].[Nb].[Sb]. The van der Waals surface area contributed by atoms with E-state index in [0.29, 0.717) is 0 Å². The van der Waals surface area contributed by atoms with E-state index in [0.717, 1.165) is 0 Å². The van der Waals surface area contributed by atoms with Crippen LogP contribution >= 0.6 is 0 Å². The van der Waals surface area contributed by atoms with Crippen LogP contribution in [0, 0.1) is 0 Å². The first-order chi connectivity index (χ1) is 0. The molecule has 0 aromatic carbocycles. The Labute approximate surface area is 89.8 Å². The first-order valence-electron chi connectivity index (χ1n) is 0. The molecule has 0 N–H and O–H groups in total. The average molecular weight is 400 g/mol. The van der Waals surface area contributed by atoms with Crippen LogP contribution in [0.2, 0.25) is 0 Å². The van der Waals surface area contributed by atoms with Crippen LogP contribution in [-0.2, 0) is 67.1 Å². The summed E-state index contributed by atoms with van der Waals surface area (Å²) in [5, 5.41) is 0. The number of hydrogen-bond donors (Lipinski definition) is 0. The molecule has 0 nitrogen and oxygen atoms in total. The molecule has 0 heterocycles. The van der Waals surface area contributed by atoms with Crippen molar-refractivity contribution in [2.75, 3.05) is 0 Å². The van der Waals surface area contributed by atoms with Crippen molar-refractivity contribution >= 4 is 24.4 Å². The molecule has 0 amide bonds. The Hall–Kier alpha value is 3.04. The molecule has 0 saturated carbocycles. The van der Waals surface area contributed by atoms with Gasteiger partial charge in [-0.15, -0.1) is 0 Å². The zero-order valence-electron chi connectivity index (χ0n) is 1.79. The van der Waals surface area contributed by atoms with Gasteiger partial charge < -0.3 is 0 Å². The van der Waals surface area contributed by atoms with Gasteiger partial charge in [0.2, 0.25) is 0 Å². The molecule has 0 saturated heterocycles. The number of rotatable bonds is 0. The van der Waals surface area contributed by atoms with Crippen LogP contribution in [0.4, 0.5) is 0 Å². The Morgan fingerprint density at radius 2 is 0.500 bits per heavy atom. The van der Waals surface area contributed by atoms with Gasteiger partial charge in [0.25, 0.3) is 0 Å². The normalized spacial score (nSPS) is 0. The largest absolute Gasteiger partial charge is 0 e. The third-order valence-corrected chi connectivity index (χ3v) is 0. The minimum absolute atomic E-state index is 0. The summed E-state index contributed by atoms with van der Waals surface area (Å²) in [5.74, 6) is 0. The second-order valence-electron chi connectivity index (χ2n) is 0. The molecule has 6 radical (unpaired) electrons. The van der Waals surface area contributed by atoms with E-state index in [1.165, 1.54) is 0 Å². The van der Waals surface area contributed by atoms with Crippen molar-refractivity contribution in [3.8, 4) is 0 Å². The van der Waals surface area contributed by atoms with E-state index in [1.54, 1.807) is 0 Å². The van der Waals surface area contributed by atoms with Crippen LogP contribution in [0.1, 0.15) is 0 Å². The fraction of sp³-hybridized carbons (Fsp3) is 0. The van der Waals surface area contributed by atoms with Gasteiger partial charge in [-0.05, 0) is 0 Å². The zero-order valence-corrected chi connectivity index (χ0v) is 10.9. The van der Waals surface area contributed by atoms with Crippen LogP contribution in [0.5, 0.6) is 0 Å². The van der Waals surface area contributed by atoms with E-state index in [-0.39, 0.29) is 91.6 Å². The Morgan fingerprint density at radius 3 is 0.500 bits per heavy atom. The van der Waals surface area contributed by atoms with Crippen LogP contribution in [0.15, 0.2) is 0 Å². The van der Waals surface area contributed by atoms with Gasteiger partial charge in [-0.3, -0.25) is 0 Å². The molecule has 0 aliphatic rings. The Bertz CT molecular complexity index is 3.25.